The molecule has 0 spiro atoms. The Morgan fingerprint density at radius 1 is 0.833 bits per heavy atom. The topological polar surface area (TPSA) is 0 Å². The van der Waals surface area contributed by atoms with E-state index in [2.05, 4.69) is 6.92 Å². The van der Waals surface area contributed by atoms with Crippen LogP contribution in [0.15, 0.2) is 0 Å². The van der Waals surface area contributed by atoms with Gasteiger partial charge in [-0.25, -0.2) is 0 Å². The van der Waals surface area contributed by atoms with Crippen molar-refractivity contribution in [3.05, 3.63) is 0 Å². The first-order valence-corrected chi connectivity index (χ1v) is 12.6. The summed E-state index contributed by atoms with van der Waals surface area (Å²) in [5.74, 6) is 0. The minimum absolute atomic E-state index is 0.505. The third-order valence-corrected chi connectivity index (χ3v) is 5.79. The van der Waals surface area contributed by atoms with Crippen molar-refractivity contribution < 1.29 is 0 Å². The van der Waals surface area contributed by atoms with Crippen LogP contribution in [0.2, 0.25) is 6.04 Å². The van der Waals surface area contributed by atoms with Crippen LogP contribution in [0.25, 0.3) is 0 Å². The third-order valence-electron chi connectivity index (χ3n) is 2.46. The maximum Gasteiger partial charge on any atom is 0.00412 e. The van der Waals surface area contributed by atoms with Crippen LogP contribution in [0.5, 0.6) is 0 Å². The van der Waals surface area contributed by atoms with Crippen molar-refractivity contribution in [2.45, 2.75) is 64.3 Å². The number of rotatable bonds is 9. The monoisotopic (exact) mass is 202 g/mol. The lowest BCUT2D eigenvalue weighted by molar-refractivity contribution is 0.585. The second-order valence-electron chi connectivity index (χ2n) is 3.83. The van der Waals surface area contributed by atoms with E-state index in [-0.39, 0.29) is 0 Å². The Hall–Kier alpha value is 0.434. The molecule has 12 heavy (non-hydrogen) atoms. The zero-order valence-corrected chi connectivity index (χ0v) is 12.5. The van der Waals surface area contributed by atoms with Gasteiger partial charge >= 0.3 is 0 Å². The van der Waals surface area contributed by atoms with Gasteiger partial charge in [0.1, 0.15) is 0 Å². The molecular weight excluding hydrogens is 176 g/mol. The molecule has 0 saturated carbocycles. The van der Waals surface area contributed by atoms with E-state index in [1.54, 1.807) is 22.2 Å². The molecule has 0 N–H and O–H groups in total. The van der Waals surface area contributed by atoms with Crippen LogP contribution in [-0.2, 0) is 0 Å². The van der Waals surface area contributed by atoms with Crippen molar-refractivity contribution in [1.82, 2.24) is 0 Å². The van der Waals surface area contributed by atoms with Gasteiger partial charge < -0.3 is 0 Å². The predicted octanol–water partition coefficient (Wildman–Crippen LogP) is 1.99. The van der Waals surface area contributed by atoms with Crippen LogP contribution in [0.4, 0.5) is 0 Å². The van der Waals surface area contributed by atoms with Gasteiger partial charge in [-0.05, 0) is 9.76 Å². The maximum atomic E-state index is 2.29. The average molecular weight is 202 g/mol. The molecule has 0 aromatic heterocycles. The zero-order valence-electron chi connectivity index (χ0n) is 9.07. The van der Waals surface area contributed by atoms with Crippen molar-refractivity contribution in [1.29, 1.82) is 0 Å². The first-order chi connectivity index (χ1) is 5.91. The largest absolute Gasteiger partial charge is 0.0655 e. The number of hydrogen-bond acceptors (Lipinski definition) is 0. The lowest BCUT2D eigenvalue weighted by atomic mass is 10.1. The summed E-state index contributed by atoms with van der Waals surface area (Å²) in [5.41, 5.74) is 0. The van der Waals surface area contributed by atoms with Gasteiger partial charge in [0.15, 0.2) is 0 Å². The lowest BCUT2D eigenvalue weighted by Gasteiger charge is -1.99. The Morgan fingerprint density at radius 2 is 1.33 bits per heavy atom. The summed E-state index contributed by atoms with van der Waals surface area (Å²) in [6, 6.07) is 1.64. The van der Waals surface area contributed by atoms with Gasteiger partial charge in [0.25, 0.3) is 0 Å². The quantitative estimate of drug-likeness (QED) is 0.396. The lowest BCUT2D eigenvalue weighted by Crippen LogP contribution is -1.87. The highest BCUT2D eigenvalue weighted by Crippen LogP contribution is 2.08. The van der Waals surface area contributed by atoms with E-state index in [0.717, 1.165) is 0 Å². The SMILES string of the molecule is CCCCCCCCCC[SiH2][SiH3]. The molecule has 0 aromatic carbocycles. The highest BCUT2D eigenvalue weighted by molar-refractivity contribution is 6.89. The van der Waals surface area contributed by atoms with E-state index in [1.165, 1.54) is 44.9 Å². The molecular formula is C10H26Si2. The average Bonchev–Trinajstić information content (AvgIpc) is 2.10. The summed E-state index contributed by atoms with van der Waals surface area (Å²) in [6.07, 6.45) is 11.9. The van der Waals surface area contributed by atoms with Crippen LogP contribution < -0.4 is 0 Å². The number of unbranched alkanes of at least 4 members (excludes halogenated alkanes) is 7. The summed E-state index contributed by atoms with van der Waals surface area (Å²) in [4.78, 5) is 0. The summed E-state index contributed by atoms with van der Waals surface area (Å²) in [6.45, 7) is 2.29. The first-order valence-electron chi connectivity index (χ1n) is 5.91. The molecule has 0 radical (unpaired) electrons. The van der Waals surface area contributed by atoms with Crippen LogP contribution in [0.3, 0.4) is 0 Å². The van der Waals surface area contributed by atoms with Crippen molar-refractivity contribution in [3.8, 4) is 0 Å². The molecule has 0 rings (SSSR count). The molecule has 0 aromatic rings. The van der Waals surface area contributed by atoms with E-state index in [9.17, 15) is 0 Å². The molecule has 74 valence electrons. The van der Waals surface area contributed by atoms with E-state index in [0.29, 0.717) is 9.04 Å². The minimum atomic E-state index is 0.505. The fourth-order valence-electron chi connectivity index (χ4n) is 1.56. The molecule has 0 aliphatic heterocycles. The van der Waals surface area contributed by atoms with Gasteiger partial charge in [-0.2, -0.15) is 0 Å². The molecule has 0 saturated heterocycles. The predicted molar refractivity (Wildman–Crippen MR) is 65.9 cm³/mol. The summed E-state index contributed by atoms with van der Waals surface area (Å²) in [5, 5.41) is 0. The molecule has 0 aliphatic rings. The normalized spacial score (nSPS) is 11.8. The van der Waals surface area contributed by atoms with Crippen molar-refractivity contribution in [2.24, 2.45) is 0 Å². The second kappa shape index (κ2) is 11.4. The summed E-state index contributed by atoms with van der Waals surface area (Å²) in [7, 11) is 2.05. The van der Waals surface area contributed by atoms with E-state index >= 15 is 0 Å². The molecule has 0 heterocycles. The van der Waals surface area contributed by atoms with Crippen LogP contribution in [0.1, 0.15) is 58.3 Å². The fraction of sp³-hybridized carbons (Fsp3) is 1.00. The Labute approximate surface area is 83.6 Å². The highest BCUT2D eigenvalue weighted by Gasteiger charge is 1.90. The fourth-order valence-corrected chi connectivity index (χ4v) is 3.91. The standard InChI is InChI=1S/C10H26Si2/c1-2-3-4-5-6-7-8-9-10-12-11/h2-10,12H2,1,11H3. The number of hydrogen-bond donors (Lipinski definition) is 0. The van der Waals surface area contributed by atoms with E-state index in [4.69, 9.17) is 0 Å². The molecule has 0 unspecified atom stereocenters. The maximum absolute atomic E-state index is 2.29. The zero-order chi connectivity index (χ0) is 9.07. The van der Waals surface area contributed by atoms with Crippen molar-refractivity contribution in [3.63, 3.8) is 0 Å². The third kappa shape index (κ3) is 10.4. The van der Waals surface area contributed by atoms with E-state index < -0.39 is 0 Å². The second-order valence-corrected chi connectivity index (χ2v) is 8.54. The van der Waals surface area contributed by atoms with E-state index in [1.807, 2.05) is 0 Å². The summed E-state index contributed by atoms with van der Waals surface area (Å²) < 4.78 is 0. The Morgan fingerprint density at radius 3 is 1.83 bits per heavy atom. The molecule has 0 nitrogen and oxygen atoms in total. The van der Waals surface area contributed by atoms with Gasteiger partial charge in [-0.1, -0.05) is 64.3 Å². The van der Waals surface area contributed by atoms with Crippen molar-refractivity contribution >= 4 is 18.8 Å². The van der Waals surface area contributed by atoms with Gasteiger partial charge in [0.05, 0.1) is 0 Å². The minimum Gasteiger partial charge on any atom is -0.0655 e. The Bertz CT molecular complexity index is 64.2. The van der Waals surface area contributed by atoms with Gasteiger partial charge in [0, 0.05) is 9.04 Å². The molecule has 0 amide bonds. The smallest absolute Gasteiger partial charge is 0.00412 e. The Balaban J connectivity index is 2.73. The summed E-state index contributed by atoms with van der Waals surface area (Å²) >= 11 is 0. The molecule has 0 atom stereocenters. The molecule has 0 aliphatic carbocycles. The molecule has 0 fully saturated rings. The van der Waals surface area contributed by atoms with Gasteiger partial charge in [0.2, 0.25) is 0 Å². The van der Waals surface area contributed by atoms with Gasteiger partial charge in [-0.15, -0.1) is 0 Å². The van der Waals surface area contributed by atoms with Crippen LogP contribution in [0, 0.1) is 0 Å². The Kier molecular flexibility index (Phi) is 11.8. The highest BCUT2D eigenvalue weighted by atomic mass is 29.1. The van der Waals surface area contributed by atoms with Crippen molar-refractivity contribution in [2.75, 3.05) is 0 Å². The molecule has 0 bridgehead atoms. The first kappa shape index (κ1) is 12.4. The van der Waals surface area contributed by atoms with Gasteiger partial charge in [-0.3, -0.25) is 0 Å². The molecule has 2 heteroatoms. The van der Waals surface area contributed by atoms with Crippen LogP contribution >= 0.6 is 0 Å². The van der Waals surface area contributed by atoms with Crippen LogP contribution in [-0.4, -0.2) is 18.8 Å².